The zero-order valence-corrected chi connectivity index (χ0v) is 14.4. The average molecular weight is 320 g/mol. The van der Waals surface area contributed by atoms with Gasteiger partial charge in [0, 0.05) is 25.6 Å². The number of methoxy groups -OCH3 is 2. The van der Waals surface area contributed by atoms with Crippen LogP contribution in [0.15, 0.2) is 18.2 Å². The van der Waals surface area contributed by atoms with Crippen molar-refractivity contribution in [2.45, 2.75) is 38.6 Å². The number of carbonyl (C=O) groups excluding carboxylic acids is 1. The number of nitrogens with zero attached hydrogens (tertiary/aromatic N) is 1. The van der Waals surface area contributed by atoms with Crippen LogP contribution in [0, 0.1) is 0 Å². The minimum Gasteiger partial charge on any atom is -0.493 e. The molecular formula is C18H28N2O3. The zero-order chi connectivity index (χ0) is 16.7. The Morgan fingerprint density at radius 3 is 2.70 bits per heavy atom. The molecule has 1 amide bonds. The van der Waals surface area contributed by atoms with Crippen molar-refractivity contribution in [3.05, 3.63) is 23.8 Å². The van der Waals surface area contributed by atoms with E-state index in [2.05, 4.69) is 17.1 Å². The number of hydrogen-bond donors (Lipinski definition) is 1. The number of ether oxygens (including phenoxy) is 2. The van der Waals surface area contributed by atoms with Crippen LogP contribution in [-0.2, 0) is 11.2 Å². The molecule has 0 radical (unpaired) electrons. The molecule has 1 aromatic rings. The SMILES string of the molecule is CCCN(C(=O)CCc1ccc(OC)c(OC)c1)C1CCNC1. The fourth-order valence-corrected chi connectivity index (χ4v) is 3.09. The normalized spacial score (nSPS) is 17.1. The molecule has 1 aliphatic heterocycles. The van der Waals surface area contributed by atoms with Gasteiger partial charge in [-0.3, -0.25) is 4.79 Å². The molecule has 1 atom stereocenters. The van der Waals surface area contributed by atoms with Crippen molar-refractivity contribution in [3.8, 4) is 11.5 Å². The number of benzene rings is 1. The molecule has 23 heavy (non-hydrogen) atoms. The molecule has 128 valence electrons. The van der Waals surface area contributed by atoms with Gasteiger partial charge in [0.2, 0.25) is 5.91 Å². The lowest BCUT2D eigenvalue weighted by atomic mass is 10.1. The first-order valence-corrected chi connectivity index (χ1v) is 8.40. The van der Waals surface area contributed by atoms with Crippen LogP contribution in [0.1, 0.15) is 31.7 Å². The van der Waals surface area contributed by atoms with Gasteiger partial charge in [-0.1, -0.05) is 13.0 Å². The molecule has 1 aromatic carbocycles. The molecule has 0 spiro atoms. The standard InChI is InChI=1S/C18H28N2O3/c1-4-11-20(15-9-10-19-13-15)18(21)8-6-14-5-7-16(22-2)17(12-14)23-3/h5,7,12,15,19H,4,6,8-11,13H2,1-3H3. The Morgan fingerprint density at radius 2 is 2.09 bits per heavy atom. The second-order valence-corrected chi connectivity index (χ2v) is 5.92. The van der Waals surface area contributed by atoms with Gasteiger partial charge in [-0.05, 0) is 43.5 Å². The van der Waals surface area contributed by atoms with E-state index in [0.29, 0.717) is 24.0 Å². The quantitative estimate of drug-likeness (QED) is 0.798. The summed E-state index contributed by atoms with van der Waals surface area (Å²) >= 11 is 0. The van der Waals surface area contributed by atoms with Crippen LogP contribution in [0.3, 0.4) is 0 Å². The van der Waals surface area contributed by atoms with Gasteiger partial charge in [0.15, 0.2) is 11.5 Å². The first-order valence-electron chi connectivity index (χ1n) is 8.40. The van der Waals surface area contributed by atoms with E-state index in [1.807, 2.05) is 18.2 Å². The van der Waals surface area contributed by atoms with Crippen molar-refractivity contribution in [2.24, 2.45) is 0 Å². The van der Waals surface area contributed by atoms with Crippen molar-refractivity contribution >= 4 is 5.91 Å². The van der Waals surface area contributed by atoms with Crippen LogP contribution < -0.4 is 14.8 Å². The summed E-state index contributed by atoms with van der Waals surface area (Å²) in [4.78, 5) is 14.7. The maximum Gasteiger partial charge on any atom is 0.223 e. The largest absolute Gasteiger partial charge is 0.493 e. The lowest BCUT2D eigenvalue weighted by molar-refractivity contribution is -0.133. The summed E-state index contributed by atoms with van der Waals surface area (Å²) in [7, 11) is 3.25. The van der Waals surface area contributed by atoms with Crippen molar-refractivity contribution in [2.75, 3.05) is 33.9 Å². The molecule has 1 heterocycles. The van der Waals surface area contributed by atoms with E-state index in [-0.39, 0.29) is 5.91 Å². The highest BCUT2D eigenvalue weighted by Gasteiger charge is 2.25. The van der Waals surface area contributed by atoms with Gasteiger partial charge in [0.1, 0.15) is 0 Å². The van der Waals surface area contributed by atoms with Crippen molar-refractivity contribution in [1.82, 2.24) is 10.2 Å². The third kappa shape index (κ3) is 4.61. The summed E-state index contributed by atoms with van der Waals surface area (Å²) in [6.45, 7) is 4.89. The van der Waals surface area contributed by atoms with Crippen molar-refractivity contribution in [3.63, 3.8) is 0 Å². The summed E-state index contributed by atoms with van der Waals surface area (Å²) in [5.74, 6) is 1.67. The van der Waals surface area contributed by atoms with Gasteiger partial charge in [-0.15, -0.1) is 0 Å². The highest BCUT2D eigenvalue weighted by atomic mass is 16.5. The Labute approximate surface area is 139 Å². The molecule has 1 N–H and O–H groups in total. The number of rotatable bonds is 8. The maximum atomic E-state index is 12.6. The van der Waals surface area contributed by atoms with Gasteiger partial charge < -0.3 is 19.7 Å². The molecule has 2 rings (SSSR count). The molecule has 1 saturated heterocycles. The van der Waals surface area contributed by atoms with Crippen LogP contribution >= 0.6 is 0 Å². The molecule has 1 aliphatic rings. The van der Waals surface area contributed by atoms with Crippen molar-refractivity contribution < 1.29 is 14.3 Å². The van der Waals surface area contributed by atoms with Gasteiger partial charge in [0.05, 0.1) is 14.2 Å². The first-order chi connectivity index (χ1) is 11.2. The van der Waals surface area contributed by atoms with E-state index in [1.54, 1.807) is 14.2 Å². The number of amides is 1. The maximum absolute atomic E-state index is 12.6. The van der Waals surface area contributed by atoms with E-state index in [1.165, 1.54) is 0 Å². The number of aryl methyl sites for hydroxylation is 1. The monoisotopic (exact) mass is 320 g/mol. The van der Waals surface area contributed by atoms with Crippen LogP contribution in [0.2, 0.25) is 0 Å². The Bertz CT molecular complexity index is 513. The minimum atomic E-state index is 0.246. The van der Waals surface area contributed by atoms with Crippen LogP contribution in [0.4, 0.5) is 0 Å². The third-order valence-electron chi connectivity index (χ3n) is 4.34. The molecule has 0 aliphatic carbocycles. The molecule has 1 fully saturated rings. The second-order valence-electron chi connectivity index (χ2n) is 5.92. The molecule has 5 heteroatoms. The molecule has 0 aromatic heterocycles. The Kier molecular flexibility index (Phi) is 6.71. The lowest BCUT2D eigenvalue weighted by Gasteiger charge is -2.28. The topological polar surface area (TPSA) is 50.8 Å². The number of nitrogens with one attached hydrogen (secondary N) is 1. The summed E-state index contributed by atoms with van der Waals surface area (Å²) in [5.41, 5.74) is 1.09. The smallest absolute Gasteiger partial charge is 0.223 e. The van der Waals surface area contributed by atoms with E-state index in [4.69, 9.17) is 9.47 Å². The van der Waals surface area contributed by atoms with E-state index in [0.717, 1.165) is 44.5 Å². The highest BCUT2D eigenvalue weighted by molar-refractivity contribution is 5.77. The molecule has 1 unspecified atom stereocenters. The number of hydrogen-bond acceptors (Lipinski definition) is 4. The Balaban J connectivity index is 1.96. The summed E-state index contributed by atoms with van der Waals surface area (Å²) in [5, 5.41) is 3.34. The molecule has 0 bridgehead atoms. The lowest BCUT2D eigenvalue weighted by Crippen LogP contribution is -2.42. The fraction of sp³-hybridized carbons (Fsp3) is 0.611. The van der Waals surface area contributed by atoms with Gasteiger partial charge in [-0.2, -0.15) is 0 Å². The van der Waals surface area contributed by atoms with Crippen molar-refractivity contribution in [1.29, 1.82) is 0 Å². The zero-order valence-electron chi connectivity index (χ0n) is 14.4. The van der Waals surface area contributed by atoms with Crippen LogP contribution in [0.5, 0.6) is 11.5 Å². The van der Waals surface area contributed by atoms with E-state index in [9.17, 15) is 4.79 Å². The van der Waals surface area contributed by atoms with E-state index < -0.39 is 0 Å². The fourth-order valence-electron chi connectivity index (χ4n) is 3.09. The third-order valence-corrected chi connectivity index (χ3v) is 4.34. The molecule has 5 nitrogen and oxygen atoms in total. The highest BCUT2D eigenvalue weighted by Crippen LogP contribution is 2.28. The van der Waals surface area contributed by atoms with Gasteiger partial charge in [-0.25, -0.2) is 0 Å². The van der Waals surface area contributed by atoms with Crippen LogP contribution in [-0.4, -0.2) is 50.7 Å². The van der Waals surface area contributed by atoms with E-state index >= 15 is 0 Å². The summed E-state index contributed by atoms with van der Waals surface area (Å²) in [6, 6.07) is 6.19. The predicted octanol–water partition coefficient (Wildman–Crippen LogP) is 2.24. The average Bonchev–Trinajstić information content (AvgIpc) is 3.11. The minimum absolute atomic E-state index is 0.246. The summed E-state index contributed by atoms with van der Waals surface area (Å²) in [6.07, 6.45) is 3.31. The van der Waals surface area contributed by atoms with Crippen LogP contribution in [0.25, 0.3) is 0 Å². The van der Waals surface area contributed by atoms with Gasteiger partial charge >= 0.3 is 0 Å². The first kappa shape index (κ1) is 17.6. The Hall–Kier alpha value is -1.75. The molecule has 0 saturated carbocycles. The summed E-state index contributed by atoms with van der Waals surface area (Å²) < 4.78 is 10.6. The van der Waals surface area contributed by atoms with Gasteiger partial charge in [0.25, 0.3) is 0 Å². The Morgan fingerprint density at radius 1 is 1.30 bits per heavy atom. The molecular weight excluding hydrogens is 292 g/mol. The predicted molar refractivity (Wildman–Crippen MR) is 91.1 cm³/mol. The number of carbonyl (C=O) groups is 1. The second kappa shape index (κ2) is 8.77.